The molecule has 4 N–H and O–H groups in total. The van der Waals surface area contributed by atoms with Crippen molar-refractivity contribution < 1.29 is 28.0 Å². The second kappa shape index (κ2) is 13.7. The minimum Gasteiger partial charge on any atom is -0.481 e. The average molecular weight is 521 g/mol. The largest absolute Gasteiger partial charge is 0.481 e. The molecule has 2 rings (SSSR count). The Morgan fingerprint density at radius 1 is 1.11 bits per heavy atom. The number of benzene rings is 2. The van der Waals surface area contributed by atoms with Gasteiger partial charge in [-0.25, -0.2) is 13.1 Å². The Labute approximate surface area is 210 Å². The molecule has 2 aromatic rings. The van der Waals surface area contributed by atoms with E-state index < -0.39 is 37.4 Å². The number of sulfonamides is 1. The number of nitro groups is 1. The highest BCUT2D eigenvalue weighted by molar-refractivity contribution is 7.89. The molecule has 1 amide bonds. The molecular formula is C24H32N4O7S. The van der Waals surface area contributed by atoms with E-state index in [0.717, 1.165) is 11.6 Å². The molecule has 0 aliphatic heterocycles. The van der Waals surface area contributed by atoms with E-state index in [2.05, 4.69) is 4.72 Å². The zero-order valence-corrected chi connectivity index (χ0v) is 20.9. The van der Waals surface area contributed by atoms with Crippen LogP contribution in [-0.4, -0.2) is 61.4 Å². The summed E-state index contributed by atoms with van der Waals surface area (Å²) < 4.78 is 27.3. The summed E-state index contributed by atoms with van der Waals surface area (Å²) in [4.78, 5) is 35.9. The number of para-hydroxylation sites is 1. The van der Waals surface area contributed by atoms with Crippen LogP contribution in [0.5, 0.6) is 0 Å². The van der Waals surface area contributed by atoms with Crippen molar-refractivity contribution in [3.63, 3.8) is 0 Å². The summed E-state index contributed by atoms with van der Waals surface area (Å²) in [5.41, 5.74) is 6.25. The quantitative estimate of drug-likeness (QED) is 0.182. The van der Waals surface area contributed by atoms with E-state index in [1.54, 1.807) is 7.05 Å². The molecule has 0 aromatic heterocycles. The number of carboxylic acid groups (broad SMARTS) is 1. The van der Waals surface area contributed by atoms with Crippen LogP contribution in [0.2, 0.25) is 0 Å². The molecule has 0 aliphatic carbocycles. The van der Waals surface area contributed by atoms with Gasteiger partial charge in [0.2, 0.25) is 15.9 Å². The van der Waals surface area contributed by atoms with Crippen molar-refractivity contribution in [3.05, 3.63) is 70.3 Å². The molecular weight excluding hydrogens is 488 g/mol. The Morgan fingerprint density at radius 3 is 2.36 bits per heavy atom. The van der Waals surface area contributed by atoms with Crippen LogP contribution in [0.4, 0.5) is 5.69 Å². The zero-order chi connectivity index (χ0) is 26.7. The molecule has 0 radical (unpaired) electrons. The van der Waals surface area contributed by atoms with Gasteiger partial charge in [-0.2, -0.15) is 0 Å². The molecule has 36 heavy (non-hydrogen) atoms. The summed E-state index contributed by atoms with van der Waals surface area (Å²) in [7, 11) is -2.47. The Morgan fingerprint density at radius 2 is 1.75 bits per heavy atom. The third-order valence-electron chi connectivity index (χ3n) is 5.87. The van der Waals surface area contributed by atoms with E-state index in [0.29, 0.717) is 25.7 Å². The molecule has 11 nitrogen and oxygen atoms in total. The first-order valence-electron chi connectivity index (χ1n) is 11.5. The number of hydrogen-bond donors (Lipinski definition) is 3. The van der Waals surface area contributed by atoms with Crippen molar-refractivity contribution in [1.82, 2.24) is 9.62 Å². The molecule has 2 aromatic carbocycles. The highest BCUT2D eigenvalue weighted by atomic mass is 32.2. The van der Waals surface area contributed by atoms with E-state index in [1.165, 1.54) is 23.1 Å². The SMILES string of the molecule is CN(C(=O)C(CC(=O)O)Cc1ccccc1)C(CN)CCCCNS(=O)(=O)c1ccccc1[N+](=O)[O-]. The van der Waals surface area contributed by atoms with Crippen molar-refractivity contribution in [2.75, 3.05) is 20.1 Å². The fraction of sp³-hybridized carbons (Fsp3) is 0.417. The summed E-state index contributed by atoms with van der Waals surface area (Å²) >= 11 is 0. The Kier molecular flexibility index (Phi) is 11.0. The molecule has 2 unspecified atom stereocenters. The number of nitrogens with zero attached hydrogens (tertiary/aromatic N) is 2. The Bertz CT molecular complexity index is 1140. The van der Waals surface area contributed by atoms with Crippen LogP contribution < -0.4 is 10.5 Å². The number of carbonyl (C=O) groups is 2. The van der Waals surface area contributed by atoms with Crippen molar-refractivity contribution in [2.24, 2.45) is 11.7 Å². The van der Waals surface area contributed by atoms with Gasteiger partial charge < -0.3 is 15.7 Å². The van der Waals surface area contributed by atoms with Crippen molar-refractivity contribution in [2.45, 2.75) is 43.0 Å². The van der Waals surface area contributed by atoms with E-state index in [4.69, 9.17) is 5.73 Å². The summed E-state index contributed by atoms with van der Waals surface area (Å²) in [5, 5.41) is 20.4. The lowest BCUT2D eigenvalue weighted by atomic mass is 9.94. The van der Waals surface area contributed by atoms with Crippen molar-refractivity contribution in [1.29, 1.82) is 0 Å². The van der Waals surface area contributed by atoms with Crippen LogP contribution in [0.25, 0.3) is 0 Å². The summed E-state index contributed by atoms with van der Waals surface area (Å²) in [6.07, 6.45) is 1.42. The van der Waals surface area contributed by atoms with Crippen LogP contribution in [0.1, 0.15) is 31.2 Å². The number of carboxylic acids is 1. The molecule has 196 valence electrons. The maximum atomic E-state index is 13.1. The third kappa shape index (κ3) is 8.40. The monoisotopic (exact) mass is 520 g/mol. The average Bonchev–Trinajstić information content (AvgIpc) is 2.85. The molecule has 0 bridgehead atoms. The molecule has 0 fully saturated rings. The molecule has 0 saturated carbocycles. The number of likely N-dealkylation sites (N-methyl/N-ethyl adjacent to an activating group) is 1. The van der Waals surface area contributed by atoms with Gasteiger partial charge in [-0.15, -0.1) is 0 Å². The van der Waals surface area contributed by atoms with E-state index in [1.807, 2.05) is 30.3 Å². The molecule has 12 heteroatoms. The Hall–Kier alpha value is -3.35. The molecule has 0 aliphatic rings. The standard InChI is InChI=1S/C24H32N4O7S/c1-27(24(31)19(16-23(29)30)15-18-9-3-2-4-10-18)20(17-25)11-7-8-14-26-36(34,35)22-13-6-5-12-21(22)28(32)33/h2-6,9-10,12-13,19-20,26H,7-8,11,14-17,25H2,1H3,(H,29,30). The lowest BCUT2D eigenvalue weighted by molar-refractivity contribution is -0.387. The Balaban J connectivity index is 1.92. The highest BCUT2D eigenvalue weighted by Crippen LogP contribution is 2.23. The number of amides is 1. The number of unbranched alkanes of at least 4 members (excludes halogenated alkanes) is 1. The first-order valence-corrected chi connectivity index (χ1v) is 13.0. The fourth-order valence-electron chi connectivity index (χ4n) is 3.92. The minimum absolute atomic E-state index is 0.0545. The number of hydrogen-bond acceptors (Lipinski definition) is 7. The van der Waals surface area contributed by atoms with Gasteiger partial charge in [0.05, 0.1) is 17.3 Å². The van der Waals surface area contributed by atoms with Crippen LogP contribution in [0.15, 0.2) is 59.5 Å². The summed E-state index contributed by atoms with van der Waals surface area (Å²) in [6, 6.07) is 13.9. The van der Waals surface area contributed by atoms with Crippen molar-refractivity contribution in [3.8, 4) is 0 Å². The zero-order valence-electron chi connectivity index (χ0n) is 20.1. The van der Waals surface area contributed by atoms with Crippen LogP contribution in [0.3, 0.4) is 0 Å². The maximum Gasteiger partial charge on any atom is 0.304 e. The maximum absolute atomic E-state index is 13.1. The normalized spacial score (nSPS) is 13.1. The fourth-order valence-corrected chi connectivity index (χ4v) is 5.16. The lowest BCUT2D eigenvalue weighted by Crippen LogP contribution is -2.45. The van der Waals surface area contributed by atoms with Gasteiger partial charge in [-0.3, -0.25) is 19.7 Å². The van der Waals surface area contributed by atoms with Crippen LogP contribution >= 0.6 is 0 Å². The minimum atomic E-state index is -4.06. The number of nitrogens with one attached hydrogen (secondary N) is 1. The molecule has 0 spiro atoms. The number of nitrogens with two attached hydrogens (primary N) is 1. The first kappa shape index (κ1) is 28.9. The van der Waals surface area contributed by atoms with Gasteiger partial charge >= 0.3 is 5.97 Å². The first-order chi connectivity index (χ1) is 17.1. The second-order valence-electron chi connectivity index (χ2n) is 8.44. The van der Waals surface area contributed by atoms with E-state index in [-0.39, 0.29) is 31.5 Å². The topological polar surface area (TPSA) is 173 Å². The number of aliphatic carboxylic acids is 1. The van der Waals surface area contributed by atoms with Crippen LogP contribution in [0, 0.1) is 16.0 Å². The highest BCUT2D eigenvalue weighted by Gasteiger charge is 2.29. The van der Waals surface area contributed by atoms with E-state index in [9.17, 15) is 33.2 Å². The third-order valence-corrected chi connectivity index (χ3v) is 7.38. The molecule has 0 heterocycles. The number of nitro benzene ring substituents is 1. The molecule has 2 atom stereocenters. The summed E-state index contributed by atoms with van der Waals surface area (Å²) in [5.74, 6) is -2.11. The number of rotatable bonds is 15. The summed E-state index contributed by atoms with van der Waals surface area (Å²) in [6.45, 7) is 0.217. The van der Waals surface area contributed by atoms with Crippen molar-refractivity contribution >= 4 is 27.6 Å². The van der Waals surface area contributed by atoms with Gasteiger partial charge in [0.15, 0.2) is 4.90 Å². The van der Waals surface area contributed by atoms with Gasteiger partial charge in [0.1, 0.15) is 0 Å². The molecule has 0 saturated heterocycles. The van der Waals surface area contributed by atoms with Gasteiger partial charge in [0, 0.05) is 32.2 Å². The smallest absolute Gasteiger partial charge is 0.304 e. The second-order valence-corrected chi connectivity index (χ2v) is 10.2. The predicted molar refractivity (Wildman–Crippen MR) is 134 cm³/mol. The number of carbonyl (C=O) groups excluding carboxylic acids is 1. The van der Waals surface area contributed by atoms with Gasteiger partial charge in [-0.05, 0) is 30.9 Å². The van der Waals surface area contributed by atoms with Gasteiger partial charge in [0.25, 0.3) is 5.69 Å². The van der Waals surface area contributed by atoms with Crippen LogP contribution in [-0.2, 0) is 26.0 Å². The van der Waals surface area contributed by atoms with E-state index >= 15 is 0 Å². The lowest BCUT2D eigenvalue weighted by Gasteiger charge is -2.30. The predicted octanol–water partition coefficient (Wildman–Crippen LogP) is 2.16. The van der Waals surface area contributed by atoms with Gasteiger partial charge in [-0.1, -0.05) is 48.9 Å².